The Kier molecular flexibility index (Phi) is 5.47. The van der Waals surface area contributed by atoms with Crippen molar-refractivity contribution < 1.29 is 0 Å². The zero-order valence-corrected chi connectivity index (χ0v) is 18.6. The summed E-state index contributed by atoms with van der Waals surface area (Å²) in [5, 5.41) is 4.75. The molecule has 0 atom stereocenters. The Labute approximate surface area is 178 Å². The van der Waals surface area contributed by atoms with Crippen molar-refractivity contribution in [3.05, 3.63) is 69.3 Å². The fourth-order valence-corrected chi connectivity index (χ4v) is 4.93. The maximum atomic E-state index is 4.65. The molecule has 5 heteroatoms. The van der Waals surface area contributed by atoms with Crippen molar-refractivity contribution >= 4 is 49.0 Å². The second-order valence-corrected chi connectivity index (χ2v) is 8.75. The lowest BCUT2D eigenvalue weighted by atomic mass is 10.0. The first kappa shape index (κ1) is 19.1. The van der Waals surface area contributed by atoms with Crippen molar-refractivity contribution in [1.29, 1.82) is 0 Å². The number of halogens is 1. The van der Waals surface area contributed by atoms with Crippen LogP contribution in [0.5, 0.6) is 0 Å². The van der Waals surface area contributed by atoms with Crippen molar-refractivity contribution in [2.24, 2.45) is 0 Å². The molecule has 0 spiro atoms. The Hall–Kier alpha value is -2.24. The maximum Gasteiger partial charge on any atom is 0.143 e. The van der Waals surface area contributed by atoms with E-state index in [-0.39, 0.29) is 0 Å². The zero-order valence-electron chi connectivity index (χ0n) is 16.2. The van der Waals surface area contributed by atoms with Crippen molar-refractivity contribution in [3.63, 3.8) is 0 Å². The summed E-state index contributed by atoms with van der Waals surface area (Å²) >= 11 is 5.30. The van der Waals surface area contributed by atoms with Crippen LogP contribution in [-0.2, 0) is 12.8 Å². The van der Waals surface area contributed by atoms with Gasteiger partial charge in [0.05, 0.1) is 5.39 Å². The smallest absolute Gasteiger partial charge is 0.143 e. The largest absolute Gasteiger partial charge is 0.339 e. The Bertz CT molecular complexity index is 1130. The van der Waals surface area contributed by atoms with Crippen molar-refractivity contribution in [2.45, 2.75) is 33.6 Å². The first-order chi connectivity index (χ1) is 13.6. The van der Waals surface area contributed by atoms with Crippen LogP contribution >= 0.6 is 27.3 Å². The predicted molar refractivity (Wildman–Crippen MR) is 124 cm³/mol. The molecule has 28 heavy (non-hydrogen) atoms. The van der Waals surface area contributed by atoms with Crippen LogP contribution in [0.15, 0.2) is 53.3 Å². The molecule has 2 aromatic heterocycles. The molecule has 4 rings (SSSR count). The molecule has 0 amide bonds. The zero-order chi connectivity index (χ0) is 19.7. The van der Waals surface area contributed by atoms with E-state index < -0.39 is 0 Å². The number of aromatic nitrogens is 2. The standard InChI is InChI=1S/C23H22BrN3S/c1-4-15-8-6-7-14(3)21(15)27-22-20-19(16-9-11-17(24)12-10-16)18(5-2)28-23(20)26-13-25-22/h6-13H,4-5H2,1-3H3,(H,25,26,27). The van der Waals surface area contributed by atoms with Gasteiger partial charge in [0.15, 0.2) is 0 Å². The van der Waals surface area contributed by atoms with Gasteiger partial charge >= 0.3 is 0 Å². The minimum Gasteiger partial charge on any atom is -0.339 e. The van der Waals surface area contributed by atoms with Crippen molar-refractivity contribution in [1.82, 2.24) is 9.97 Å². The van der Waals surface area contributed by atoms with Crippen LogP contribution in [0, 0.1) is 6.92 Å². The number of nitrogens with one attached hydrogen (secondary N) is 1. The van der Waals surface area contributed by atoms with Crippen LogP contribution in [0.1, 0.15) is 29.9 Å². The van der Waals surface area contributed by atoms with Gasteiger partial charge in [-0.15, -0.1) is 11.3 Å². The Morgan fingerprint density at radius 1 is 1.00 bits per heavy atom. The van der Waals surface area contributed by atoms with Gasteiger partial charge in [0.25, 0.3) is 0 Å². The Balaban J connectivity index is 1.93. The number of nitrogens with zero attached hydrogens (tertiary/aromatic N) is 2. The van der Waals surface area contributed by atoms with E-state index in [1.165, 1.54) is 27.1 Å². The number of para-hydroxylation sites is 1. The number of fused-ring (bicyclic) bond motifs is 1. The van der Waals surface area contributed by atoms with Crippen molar-refractivity contribution in [3.8, 4) is 11.1 Å². The van der Waals surface area contributed by atoms with E-state index in [1.54, 1.807) is 17.7 Å². The predicted octanol–water partition coefficient (Wildman–Crippen LogP) is 7.30. The second-order valence-electron chi connectivity index (χ2n) is 6.75. The van der Waals surface area contributed by atoms with Gasteiger partial charge in [-0.05, 0) is 48.6 Å². The first-order valence-corrected chi connectivity index (χ1v) is 11.1. The fraction of sp³-hybridized carbons (Fsp3) is 0.217. The molecule has 0 saturated carbocycles. The third-order valence-electron chi connectivity index (χ3n) is 5.00. The van der Waals surface area contributed by atoms with Crippen LogP contribution in [0.4, 0.5) is 11.5 Å². The molecular formula is C23H22BrN3S. The van der Waals surface area contributed by atoms with Gasteiger partial charge < -0.3 is 5.32 Å². The molecule has 2 aromatic carbocycles. The van der Waals surface area contributed by atoms with E-state index >= 15 is 0 Å². The number of thiophene rings is 1. The minimum absolute atomic E-state index is 0.878. The Morgan fingerprint density at radius 2 is 1.79 bits per heavy atom. The summed E-state index contributed by atoms with van der Waals surface area (Å²) in [4.78, 5) is 11.6. The van der Waals surface area contributed by atoms with Gasteiger partial charge in [-0.3, -0.25) is 0 Å². The number of anilines is 2. The number of benzene rings is 2. The summed E-state index contributed by atoms with van der Waals surface area (Å²) < 4.78 is 1.08. The third kappa shape index (κ3) is 3.45. The van der Waals surface area contributed by atoms with Gasteiger partial charge in [0.2, 0.25) is 0 Å². The van der Waals surface area contributed by atoms with Gasteiger partial charge in [-0.2, -0.15) is 0 Å². The molecule has 0 aliphatic rings. The number of hydrogen-bond acceptors (Lipinski definition) is 4. The molecular weight excluding hydrogens is 430 g/mol. The Morgan fingerprint density at radius 3 is 2.50 bits per heavy atom. The average Bonchev–Trinajstić information content (AvgIpc) is 3.09. The summed E-state index contributed by atoms with van der Waals surface area (Å²) in [7, 11) is 0. The number of rotatable bonds is 5. The molecule has 0 radical (unpaired) electrons. The molecule has 0 saturated heterocycles. The molecule has 0 unspecified atom stereocenters. The van der Waals surface area contributed by atoms with Gasteiger partial charge in [-0.25, -0.2) is 9.97 Å². The van der Waals surface area contributed by atoms with Crippen LogP contribution in [0.25, 0.3) is 21.3 Å². The quantitative estimate of drug-likeness (QED) is 0.345. The summed E-state index contributed by atoms with van der Waals surface area (Å²) in [5.74, 6) is 0.878. The SMILES string of the molecule is CCc1cccc(C)c1Nc1ncnc2sc(CC)c(-c3ccc(Br)cc3)c12. The number of aryl methyl sites for hydroxylation is 3. The molecule has 0 aliphatic heterocycles. The molecule has 4 aromatic rings. The lowest BCUT2D eigenvalue weighted by Crippen LogP contribution is -2.01. The van der Waals surface area contributed by atoms with Crippen LogP contribution in [0.3, 0.4) is 0 Å². The topological polar surface area (TPSA) is 37.8 Å². The summed E-state index contributed by atoms with van der Waals surface area (Å²) in [6.07, 6.45) is 3.61. The maximum absolute atomic E-state index is 4.65. The highest BCUT2D eigenvalue weighted by Crippen LogP contribution is 2.42. The highest BCUT2D eigenvalue weighted by atomic mass is 79.9. The summed E-state index contributed by atoms with van der Waals surface area (Å²) in [5.41, 5.74) is 6.11. The normalized spacial score (nSPS) is 11.1. The highest BCUT2D eigenvalue weighted by Gasteiger charge is 2.19. The number of hydrogen-bond donors (Lipinski definition) is 1. The lowest BCUT2D eigenvalue weighted by Gasteiger charge is -2.15. The second kappa shape index (κ2) is 8.02. The highest BCUT2D eigenvalue weighted by molar-refractivity contribution is 9.10. The van der Waals surface area contributed by atoms with Crippen molar-refractivity contribution in [2.75, 3.05) is 5.32 Å². The average molecular weight is 452 g/mol. The third-order valence-corrected chi connectivity index (χ3v) is 6.77. The lowest BCUT2D eigenvalue weighted by molar-refractivity contribution is 1.13. The van der Waals surface area contributed by atoms with E-state index in [9.17, 15) is 0 Å². The fourth-order valence-electron chi connectivity index (χ4n) is 3.57. The first-order valence-electron chi connectivity index (χ1n) is 9.50. The van der Waals surface area contributed by atoms with E-state index in [2.05, 4.69) is 94.5 Å². The van der Waals surface area contributed by atoms with E-state index in [0.29, 0.717) is 0 Å². The molecule has 1 N–H and O–H groups in total. The molecule has 142 valence electrons. The summed E-state index contributed by atoms with van der Waals surface area (Å²) in [6.45, 7) is 6.52. The van der Waals surface area contributed by atoms with Crippen LogP contribution < -0.4 is 5.32 Å². The molecule has 0 fully saturated rings. The molecule has 0 aliphatic carbocycles. The van der Waals surface area contributed by atoms with E-state index in [1.807, 2.05) is 0 Å². The van der Waals surface area contributed by atoms with Gasteiger partial charge in [0, 0.05) is 20.6 Å². The molecule has 0 bridgehead atoms. The van der Waals surface area contributed by atoms with Gasteiger partial charge in [0.1, 0.15) is 17.0 Å². The van der Waals surface area contributed by atoms with E-state index in [4.69, 9.17) is 0 Å². The van der Waals surface area contributed by atoms with Gasteiger partial charge in [-0.1, -0.05) is 60.1 Å². The monoisotopic (exact) mass is 451 g/mol. The minimum atomic E-state index is 0.878. The molecule has 2 heterocycles. The molecule has 3 nitrogen and oxygen atoms in total. The van der Waals surface area contributed by atoms with E-state index in [0.717, 1.165) is 39.0 Å². The van der Waals surface area contributed by atoms with Crippen LogP contribution in [0.2, 0.25) is 0 Å². The van der Waals surface area contributed by atoms with Crippen LogP contribution in [-0.4, -0.2) is 9.97 Å². The summed E-state index contributed by atoms with van der Waals surface area (Å²) in [6, 6.07) is 14.9.